The van der Waals surface area contributed by atoms with Gasteiger partial charge in [0, 0.05) is 36.3 Å². The first-order valence-corrected chi connectivity index (χ1v) is 9.60. The second-order valence-corrected chi connectivity index (χ2v) is 8.24. The molecule has 3 N–H and O–H groups in total. The predicted octanol–water partition coefficient (Wildman–Crippen LogP) is -0.259. The number of rotatable bonds is 9. The summed E-state index contributed by atoms with van der Waals surface area (Å²) in [4.78, 5) is 19.0. The summed E-state index contributed by atoms with van der Waals surface area (Å²) >= 11 is 0. The quantitative estimate of drug-likeness (QED) is 0.477. The molecule has 150 valence electrons. The van der Waals surface area contributed by atoms with Crippen LogP contribution in [0.3, 0.4) is 0 Å². The van der Waals surface area contributed by atoms with Gasteiger partial charge in [-0.3, -0.25) is 14.7 Å². The van der Waals surface area contributed by atoms with E-state index in [0.29, 0.717) is 0 Å². The van der Waals surface area contributed by atoms with Gasteiger partial charge in [-0.1, -0.05) is 0 Å². The van der Waals surface area contributed by atoms with Crippen LogP contribution in [0.15, 0.2) is 0 Å². The molecule has 8 atom stereocenters. The van der Waals surface area contributed by atoms with Gasteiger partial charge in [0.2, 0.25) is 6.10 Å². The highest BCUT2D eigenvalue weighted by Gasteiger charge is 2.75. The van der Waals surface area contributed by atoms with E-state index in [0.717, 1.165) is 0 Å². The zero-order valence-corrected chi connectivity index (χ0v) is 16.5. The lowest BCUT2D eigenvalue weighted by atomic mass is 10.1. The van der Waals surface area contributed by atoms with Crippen molar-refractivity contribution in [3.8, 4) is 0 Å². The lowest BCUT2D eigenvalue weighted by Crippen LogP contribution is -2.67. The predicted molar refractivity (Wildman–Crippen MR) is 95.5 cm³/mol. The SMILES string of the molecule is CC1C(C)N1C(C(OCC(O)CO)C(=O)O)(N1C(C)C1C)N1C(C)C1C. The highest BCUT2D eigenvalue weighted by atomic mass is 16.5. The number of hydrogen-bond donors (Lipinski definition) is 3. The Hall–Kier alpha value is -0.770. The Morgan fingerprint density at radius 3 is 1.50 bits per heavy atom. The summed E-state index contributed by atoms with van der Waals surface area (Å²) in [5.74, 6) is -1.92. The van der Waals surface area contributed by atoms with E-state index in [1.807, 2.05) is 0 Å². The van der Waals surface area contributed by atoms with Crippen molar-refractivity contribution in [1.29, 1.82) is 0 Å². The Bertz CT molecular complexity index is 487. The molecule has 3 aliphatic heterocycles. The third kappa shape index (κ3) is 2.78. The number of carboxylic acids is 1. The van der Waals surface area contributed by atoms with E-state index in [9.17, 15) is 15.0 Å². The van der Waals surface area contributed by atoms with Crippen LogP contribution in [0.2, 0.25) is 0 Å². The van der Waals surface area contributed by atoms with Crippen molar-refractivity contribution < 1.29 is 24.9 Å². The number of hydrogen-bond acceptors (Lipinski definition) is 7. The molecular formula is C18H33N3O5. The largest absolute Gasteiger partial charge is 0.479 e. The topological polar surface area (TPSA) is 96.0 Å². The Balaban J connectivity index is 2.02. The maximum absolute atomic E-state index is 12.3. The molecule has 0 spiro atoms. The monoisotopic (exact) mass is 371 g/mol. The van der Waals surface area contributed by atoms with Gasteiger partial charge in [0.05, 0.1) is 13.2 Å². The summed E-state index contributed by atoms with van der Waals surface area (Å²) in [6.45, 7) is 12.0. The van der Waals surface area contributed by atoms with Crippen LogP contribution in [0.4, 0.5) is 0 Å². The molecule has 8 heteroatoms. The van der Waals surface area contributed by atoms with Crippen LogP contribution in [-0.4, -0.2) is 103 Å². The van der Waals surface area contributed by atoms with Crippen LogP contribution in [0.5, 0.6) is 0 Å². The third-order valence-electron chi connectivity index (χ3n) is 6.84. The van der Waals surface area contributed by atoms with E-state index in [-0.39, 0.29) is 42.9 Å². The fourth-order valence-corrected chi connectivity index (χ4v) is 4.72. The molecule has 3 saturated heterocycles. The van der Waals surface area contributed by atoms with E-state index in [4.69, 9.17) is 9.84 Å². The van der Waals surface area contributed by atoms with Gasteiger partial charge in [-0.25, -0.2) is 4.79 Å². The molecule has 0 saturated carbocycles. The van der Waals surface area contributed by atoms with Crippen molar-refractivity contribution in [3.05, 3.63) is 0 Å². The first-order valence-electron chi connectivity index (χ1n) is 9.60. The number of carbonyl (C=O) groups is 1. The highest BCUT2D eigenvalue weighted by molar-refractivity contribution is 5.74. The molecule has 0 aromatic rings. The van der Waals surface area contributed by atoms with Crippen LogP contribution in [-0.2, 0) is 9.53 Å². The van der Waals surface area contributed by atoms with E-state index >= 15 is 0 Å². The molecule has 3 aliphatic rings. The standard InChI is InChI=1S/C18H33N3O5/c1-9-10(2)19(9)18(20-11(3)12(20)4,21-13(5)14(21)6)16(17(24)25)26-8-15(23)7-22/h9-16,22-23H,7-8H2,1-6H3,(H,24,25). The fourth-order valence-electron chi connectivity index (χ4n) is 4.72. The molecule has 8 nitrogen and oxygen atoms in total. The molecule has 0 aromatic carbocycles. The first kappa shape index (κ1) is 20.0. The summed E-state index contributed by atoms with van der Waals surface area (Å²) in [5, 5.41) is 28.9. The normalized spacial score (nSPS) is 48.4. The number of ether oxygens (including phenoxy) is 1. The molecule has 0 aliphatic carbocycles. The zero-order chi connectivity index (χ0) is 19.5. The maximum atomic E-state index is 12.3. The molecule has 3 rings (SSSR count). The minimum Gasteiger partial charge on any atom is -0.479 e. The van der Waals surface area contributed by atoms with Gasteiger partial charge in [0.1, 0.15) is 6.10 Å². The summed E-state index contributed by atoms with van der Waals surface area (Å²) in [6.07, 6.45) is -2.23. The highest BCUT2D eigenvalue weighted by Crippen LogP contribution is 2.56. The molecule has 0 aromatic heterocycles. The maximum Gasteiger partial charge on any atom is 0.337 e. The number of nitrogens with zero attached hydrogens (tertiary/aromatic N) is 3. The molecule has 3 heterocycles. The van der Waals surface area contributed by atoms with Crippen molar-refractivity contribution in [2.45, 2.75) is 95.8 Å². The zero-order valence-electron chi connectivity index (χ0n) is 16.5. The molecule has 0 bridgehead atoms. The van der Waals surface area contributed by atoms with Gasteiger partial charge in [-0.2, -0.15) is 0 Å². The first-order chi connectivity index (χ1) is 12.1. The van der Waals surface area contributed by atoms with Crippen molar-refractivity contribution in [2.75, 3.05) is 13.2 Å². The van der Waals surface area contributed by atoms with Gasteiger partial charge in [-0.05, 0) is 41.5 Å². The smallest absolute Gasteiger partial charge is 0.337 e. The molecule has 8 unspecified atom stereocenters. The summed E-state index contributed by atoms with van der Waals surface area (Å²) in [5.41, 5.74) is 0. The average Bonchev–Trinajstić information content (AvgIpc) is 3.50. The number of carboxylic acid groups (broad SMARTS) is 1. The Morgan fingerprint density at radius 2 is 1.27 bits per heavy atom. The van der Waals surface area contributed by atoms with E-state index in [1.165, 1.54) is 0 Å². The van der Waals surface area contributed by atoms with Gasteiger partial charge in [0.15, 0.2) is 5.79 Å². The Labute approximate surface area is 155 Å². The van der Waals surface area contributed by atoms with Gasteiger partial charge < -0.3 is 20.1 Å². The van der Waals surface area contributed by atoms with Crippen molar-refractivity contribution in [1.82, 2.24) is 14.7 Å². The van der Waals surface area contributed by atoms with E-state index < -0.39 is 30.6 Å². The van der Waals surface area contributed by atoms with Crippen molar-refractivity contribution in [3.63, 3.8) is 0 Å². The lowest BCUT2D eigenvalue weighted by molar-refractivity contribution is -0.194. The van der Waals surface area contributed by atoms with Crippen LogP contribution in [0.1, 0.15) is 41.5 Å². The molecule has 0 amide bonds. The Morgan fingerprint density at radius 1 is 0.923 bits per heavy atom. The minimum absolute atomic E-state index is 0.209. The number of aliphatic carboxylic acids is 1. The lowest BCUT2D eigenvalue weighted by Gasteiger charge is -2.45. The van der Waals surface area contributed by atoms with Crippen LogP contribution in [0, 0.1) is 0 Å². The van der Waals surface area contributed by atoms with Gasteiger partial charge >= 0.3 is 5.97 Å². The second-order valence-electron chi connectivity index (χ2n) is 8.24. The van der Waals surface area contributed by atoms with E-state index in [1.54, 1.807) is 0 Å². The Kier molecular flexibility index (Phi) is 5.14. The average molecular weight is 371 g/mol. The summed E-state index contributed by atoms with van der Waals surface area (Å²) in [6, 6.07) is 1.52. The van der Waals surface area contributed by atoms with E-state index in [2.05, 4.69) is 56.2 Å². The van der Waals surface area contributed by atoms with Gasteiger partial charge in [0.25, 0.3) is 0 Å². The number of aliphatic hydroxyl groups excluding tert-OH is 2. The fraction of sp³-hybridized carbons (Fsp3) is 0.944. The molecule has 3 fully saturated rings. The van der Waals surface area contributed by atoms with Gasteiger partial charge in [-0.15, -0.1) is 0 Å². The van der Waals surface area contributed by atoms with Crippen LogP contribution in [0.25, 0.3) is 0 Å². The van der Waals surface area contributed by atoms with Crippen LogP contribution < -0.4 is 0 Å². The summed E-state index contributed by atoms with van der Waals surface area (Å²) < 4.78 is 5.78. The van der Waals surface area contributed by atoms with Crippen LogP contribution >= 0.6 is 0 Å². The van der Waals surface area contributed by atoms with Crippen molar-refractivity contribution >= 4 is 5.97 Å². The summed E-state index contributed by atoms with van der Waals surface area (Å²) in [7, 11) is 0. The molecule has 26 heavy (non-hydrogen) atoms. The number of aliphatic hydroxyl groups is 2. The minimum atomic E-state index is -1.14. The second kappa shape index (κ2) is 6.68. The molecule has 0 radical (unpaired) electrons. The molecular weight excluding hydrogens is 338 g/mol. The third-order valence-corrected chi connectivity index (χ3v) is 6.84. The van der Waals surface area contributed by atoms with Crippen molar-refractivity contribution in [2.24, 2.45) is 0 Å².